The van der Waals surface area contributed by atoms with E-state index in [9.17, 15) is 9.18 Å². The minimum absolute atomic E-state index is 0.112. The van der Waals surface area contributed by atoms with Crippen molar-refractivity contribution < 1.29 is 23.4 Å². The smallest absolute Gasteiger partial charge is 0.146 e. The largest absolute Gasteiger partial charge is 0.381 e. The summed E-state index contributed by atoms with van der Waals surface area (Å²) in [6.07, 6.45) is 6.40. The van der Waals surface area contributed by atoms with Gasteiger partial charge in [-0.3, -0.25) is 4.79 Å². The molecule has 0 aromatic rings. The fourth-order valence-electron chi connectivity index (χ4n) is 7.12. The number of ketones is 1. The molecule has 4 nitrogen and oxygen atoms in total. The summed E-state index contributed by atoms with van der Waals surface area (Å²) in [5, 5.41) is 0. The molecule has 0 N–H and O–H groups in total. The van der Waals surface area contributed by atoms with Gasteiger partial charge in [-0.2, -0.15) is 0 Å². The fourth-order valence-corrected chi connectivity index (χ4v) is 7.12. The maximum atomic E-state index is 13.7. The predicted molar refractivity (Wildman–Crippen MR) is 106 cm³/mol. The van der Waals surface area contributed by atoms with Crippen molar-refractivity contribution in [1.29, 1.82) is 0 Å². The maximum absolute atomic E-state index is 13.7. The van der Waals surface area contributed by atoms with Crippen LogP contribution in [-0.2, 0) is 19.0 Å². The van der Waals surface area contributed by atoms with Crippen LogP contribution >= 0.6 is 0 Å². The quantitative estimate of drug-likeness (QED) is 0.619. The number of carbonyl (C=O) groups excluding carboxylic acids is 1. The van der Waals surface area contributed by atoms with E-state index in [0.29, 0.717) is 18.7 Å². The van der Waals surface area contributed by atoms with E-state index in [2.05, 4.69) is 20.8 Å². The van der Waals surface area contributed by atoms with Crippen LogP contribution in [0.2, 0.25) is 0 Å². The summed E-state index contributed by atoms with van der Waals surface area (Å²) in [6, 6.07) is 0. The van der Waals surface area contributed by atoms with Gasteiger partial charge in [0.25, 0.3) is 0 Å². The Morgan fingerprint density at radius 1 is 1.18 bits per heavy atom. The third kappa shape index (κ3) is 3.00. The number of Topliss-reactive ketones (excluding diaryl/α,β-unsaturated/α-hetero) is 1. The summed E-state index contributed by atoms with van der Waals surface area (Å²) in [5.74, 6) is 0.663. The fraction of sp³-hybridized carbons (Fsp3) is 0.870. The van der Waals surface area contributed by atoms with Crippen molar-refractivity contribution in [3.05, 3.63) is 12.4 Å². The van der Waals surface area contributed by atoms with Crippen LogP contribution in [0.5, 0.6) is 0 Å². The molecule has 2 unspecified atom stereocenters. The topological polar surface area (TPSA) is 44.8 Å². The highest BCUT2D eigenvalue weighted by Gasteiger charge is 2.68. The minimum Gasteiger partial charge on any atom is -0.381 e. The van der Waals surface area contributed by atoms with Gasteiger partial charge in [-0.05, 0) is 62.4 Å². The summed E-state index contributed by atoms with van der Waals surface area (Å²) in [5.41, 5.74) is -1.16. The lowest BCUT2D eigenvalue weighted by Crippen LogP contribution is -2.62. The first-order valence-corrected chi connectivity index (χ1v) is 10.7. The van der Waals surface area contributed by atoms with E-state index in [4.69, 9.17) is 14.2 Å². The summed E-state index contributed by atoms with van der Waals surface area (Å²) < 4.78 is 30.9. The van der Waals surface area contributed by atoms with Gasteiger partial charge >= 0.3 is 0 Å². The van der Waals surface area contributed by atoms with Crippen LogP contribution in [-0.4, -0.2) is 39.0 Å². The van der Waals surface area contributed by atoms with Crippen molar-refractivity contribution in [2.24, 2.45) is 34.0 Å². The molecule has 3 saturated carbocycles. The summed E-state index contributed by atoms with van der Waals surface area (Å²) >= 11 is 0. The molecule has 3 rings (SSSR count). The second kappa shape index (κ2) is 7.81. The Balaban J connectivity index is 2.20. The van der Waals surface area contributed by atoms with Crippen LogP contribution in [0.1, 0.15) is 59.8 Å². The molecular formula is C23H37FO4. The Kier molecular flexibility index (Phi) is 6.11. The number of hydrogen-bond donors (Lipinski definition) is 0. The SMILES string of the molecule is COCO[C@@H]1C[C@@](C)(C=CF)C(=O)[C@H](C)C23CC[C@@H](C)[C@]1(C)C2[C@H](OC)CC3. The Labute approximate surface area is 169 Å². The van der Waals surface area contributed by atoms with Crippen molar-refractivity contribution in [3.63, 3.8) is 0 Å². The average Bonchev–Trinajstić information content (AvgIpc) is 3.07. The minimum atomic E-state index is -0.881. The van der Waals surface area contributed by atoms with Crippen LogP contribution in [0, 0.1) is 34.0 Å². The standard InChI is InChI=1S/C23H37FO4/c1-15-7-9-23-10-8-17(27-6)19(23)22(15,4)18(28-14-26-5)13-21(3,11-12-24)20(25)16(23)2/h11-12,15-19H,7-10,13-14H2,1-6H3/t15-,16+,17-,18-,19?,21-,22+,23?/m1/s1. The first kappa shape index (κ1) is 21.9. The van der Waals surface area contributed by atoms with Gasteiger partial charge in [0.15, 0.2) is 0 Å². The van der Waals surface area contributed by atoms with Gasteiger partial charge in [0.05, 0.1) is 18.5 Å². The van der Waals surface area contributed by atoms with Crippen molar-refractivity contribution in [2.45, 2.75) is 72.0 Å². The van der Waals surface area contributed by atoms with Crippen molar-refractivity contribution >= 4 is 5.78 Å². The van der Waals surface area contributed by atoms with E-state index < -0.39 is 5.41 Å². The van der Waals surface area contributed by atoms with Crippen molar-refractivity contribution in [2.75, 3.05) is 21.0 Å². The van der Waals surface area contributed by atoms with Crippen LogP contribution < -0.4 is 0 Å². The third-order valence-electron chi connectivity index (χ3n) is 8.90. The molecule has 3 aliphatic carbocycles. The lowest BCUT2D eigenvalue weighted by Gasteiger charge is -2.62. The molecule has 0 heterocycles. The zero-order valence-electron chi connectivity index (χ0n) is 18.3. The number of allylic oxidation sites excluding steroid dienone is 1. The molecule has 0 aromatic carbocycles. The maximum Gasteiger partial charge on any atom is 0.146 e. The Morgan fingerprint density at radius 2 is 1.86 bits per heavy atom. The predicted octanol–water partition coefficient (Wildman–Crippen LogP) is 4.92. The molecule has 0 radical (unpaired) electrons. The highest BCUT2D eigenvalue weighted by atomic mass is 19.1. The third-order valence-corrected chi connectivity index (χ3v) is 8.90. The number of methoxy groups -OCH3 is 2. The lowest BCUT2D eigenvalue weighted by atomic mass is 9.44. The zero-order valence-corrected chi connectivity index (χ0v) is 18.3. The Hall–Kier alpha value is -0.780. The van der Waals surface area contributed by atoms with Crippen molar-refractivity contribution in [1.82, 2.24) is 0 Å². The monoisotopic (exact) mass is 396 g/mol. The molecule has 0 amide bonds. The number of ether oxygens (including phenoxy) is 3. The average molecular weight is 397 g/mol. The first-order chi connectivity index (χ1) is 13.2. The molecule has 3 aliphatic rings. The molecule has 5 heteroatoms. The first-order valence-electron chi connectivity index (χ1n) is 10.7. The molecule has 0 aliphatic heterocycles. The normalized spacial score (nSPS) is 49.1. The molecule has 0 aromatic heterocycles. The lowest BCUT2D eigenvalue weighted by molar-refractivity contribution is -0.217. The van der Waals surface area contributed by atoms with Gasteiger partial charge in [-0.15, -0.1) is 0 Å². The zero-order chi connectivity index (χ0) is 20.7. The summed E-state index contributed by atoms with van der Waals surface area (Å²) in [6.45, 7) is 8.73. The molecule has 0 saturated heterocycles. The van der Waals surface area contributed by atoms with Gasteiger partial charge in [-0.1, -0.05) is 20.8 Å². The van der Waals surface area contributed by atoms with Gasteiger partial charge in [0, 0.05) is 31.0 Å². The van der Waals surface area contributed by atoms with E-state index in [0.717, 1.165) is 25.7 Å². The second-order valence-electron chi connectivity index (χ2n) is 9.89. The van der Waals surface area contributed by atoms with Crippen LogP contribution in [0.4, 0.5) is 4.39 Å². The van der Waals surface area contributed by atoms with E-state index in [1.165, 1.54) is 6.08 Å². The summed E-state index contributed by atoms with van der Waals surface area (Å²) in [4.78, 5) is 13.7. The highest BCUT2D eigenvalue weighted by molar-refractivity contribution is 5.89. The van der Waals surface area contributed by atoms with Gasteiger partial charge in [-0.25, -0.2) is 4.39 Å². The van der Waals surface area contributed by atoms with E-state index >= 15 is 0 Å². The molecule has 8 atom stereocenters. The van der Waals surface area contributed by atoms with Crippen molar-refractivity contribution in [3.8, 4) is 0 Å². The summed E-state index contributed by atoms with van der Waals surface area (Å²) in [7, 11) is 3.40. The Bertz CT molecular complexity index is 622. The Morgan fingerprint density at radius 3 is 2.46 bits per heavy atom. The number of rotatable bonds is 5. The van der Waals surface area contributed by atoms with Gasteiger partial charge < -0.3 is 14.2 Å². The van der Waals surface area contributed by atoms with E-state index in [1.807, 2.05) is 6.92 Å². The number of halogens is 1. The van der Waals surface area contributed by atoms with E-state index in [-0.39, 0.29) is 47.4 Å². The molecule has 2 bridgehead atoms. The van der Waals surface area contributed by atoms with Gasteiger partial charge in [0.1, 0.15) is 12.6 Å². The molecular weight excluding hydrogens is 359 g/mol. The number of carbonyl (C=O) groups is 1. The van der Waals surface area contributed by atoms with Crippen LogP contribution in [0.25, 0.3) is 0 Å². The molecule has 160 valence electrons. The van der Waals surface area contributed by atoms with E-state index in [1.54, 1.807) is 14.2 Å². The molecule has 28 heavy (non-hydrogen) atoms. The van der Waals surface area contributed by atoms with Crippen LogP contribution in [0.15, 0.2) is 12.4 Å². The number of hydrogen-bond acceptors (Lipinski definition) is 4. The second-order valence-corrected chi connectivity index (χ2v) is 9.89. The highest BCUT2D eigenvalue weighted by Crippen LogP contribution is 2.68. The van der Waals surface area contributed by atoms with Crippen LogP contribution in [0.3, 0.4) is 0 Å². The van der Waals surface area contributed by atoms with Gasteiger partial charge in [0.2, 0.25) is 0 Å². The molecule has 0 spiro atoms. The molecule has 3 fully saturated rings.